The fraction of sp³-hybridized carbons (Fsp3) is 0.200. The number of rotatable bonds is 8. The lowest BCUT2D eigenvalue weighted by molar-refractivity contribution is -0.135. The van der Waals surface area contributed by atoms with Gasteiger partial charge in [0.05, 0.1) is 6.54 Å². The van der Waals surface area contributed by atoms with E-state index in [0.717, 1.165) is 16.8 Å². The minimum atomic E-state index is -0.198. The fourth-order valence-corrected chi connectivity index (χ4v) is 3.21. The molecule has 0 N–H and O–H groups in total. The van der Waals surface area contributed by atoms with Crippen LogP contribution in [-0.2, 0) is 22.7 Å². The van der Waals surface area contributed by atoms with Crippen LogP contribution in [0.2, 0.25) is 0 Å². The number of carbonyl (C=O) groups excluding carboxylic acids is 2. The largest absolute Gasteiger partial charge is 0.338 e. The smallest absolute Gasteiger partial charge is 0.236 e. The van der Waals surface area contributed by atoms with Gasteiger partial charge in [0.15, 0.2) is 0 Å². The Morgan fingerprint density at radius 1 is 0.655 bits per heavy atom. The number of benzene rings is 3. The van der Waals surface area contributed by atoms with Gasteiger partial charge in [0.1, 0.15) is 6.42 Å². The minimum absolute atomic E-state index is 0.150. The molecule has 4 heteroatoms. The lowest BCUT2D eigenvalue weighted by Gasteiger charge is -2.25. The molecule has 3 aromatic carbocycles. The maximum Gasteiger partial charge on any atom is 0.236 e. The Labute approximate surface area is 172 Å². The van der Waals surface area contributed by atoms with Crippen LogP contribution in [0.3, 0.4) is 0 Å². The maximum atomic E-state index is 13.1. The predicted molar refractivity (Wildman–Crippen MR) is 116 cm³/mol. The van der Waals surface area contributed by atoms with Crippen molar-refractivity contribution in [2.24, 2.45) is 0 Å². The predicted octanol–water partition coefficient (Wildman–Crippen LogP) is 4.66. The van der Waals surface area contributed by atoms with Crippen molar-refractivity contribution >= 4 is 17.5 Å². The van der Waals surface area contributed by atoms with E-state index in [1.807, 2.05) is 97.9 Å². The summed E-state index contributed by atoms with van der Waals surface area (Å²) in [5.74, 6) is -0.355. The van der Waals surface area contributed by atoms with Gasteiger partial charge < -0.3 is 9.80 Å². The van der Waals surface area contributed by atoms with Crippen LogP contribution in [0.15, 0.2) is 91.0 Å². The first-order chi connectivity index (χ1) is 14.2. The van der Waals surface area contributed by atoms with E-state index in [1.165, 1.54) is 0 Å². The Kier molecular flexibility index (Phi) is 7.17. The Bertz CT molecular complexity index is 911. The summed E-state index contributed by atoms with van der Waals surface area (Å²) < 4.78 is 0. The number of hydrogen-bond donors (Lipinski definition) is 0. The van der Waals surface area contributed by atoms with E-state index in [2.05, 4.69) is 0 Å². The van der Waals surface area contributed by atoms with Gasteiger partial charge in [-0.15, -0.1) is 0 Å². The molecular weight excluding hydrogens is 360 g/mol. The van der Waals surface area contributed by atoms with Gasteiger partial charge in [0.2, 0.25) is 11.8 Å². The number of amides is 2. The van der Waals surface area contributed by atoms with Crippen LogP contribution in [0.5, 0.6) is 0 Å². The van der Waals surface area contributed by atoms with Gasteiger partial charge in [-0.25, -0.2) is 0 Å². The van der Waals surface area contributed by atoms with Crippen LogP contribution in [0, 0.1) is 0 Å². The molecule has 0 aliphatic carbocycles. The molecule has 0 spiro atoms. The third-order valence-corrected chi connectivity index (χ3v) is 4.81. The van der Waals surface area contributed by atoms with Crippen LogP contribution in [-0.4, -0.2) is 23.3 Å². The summed E-state index contributed by atoms with van der Waals surface area (Å²) >= 11 is 0. The molecule has 29 heavy (non-hydrogen) atoms. The molecular formula is C25H26N2O2. The number of anilines is 1. The summed E-state index contributed by atoms with van der Waals surface area (Å²) in [6.07, 6.45) is -0.150. The zero-order chi connectivity index (χ0) is 20.5. The van der Waals surface area contributed by atoms with Crippen LogP contribution >= 0.6 is 0 Å². The monoisotopic (exact) mass is 386 g/mol. The van der Waals surface area contributed by atoms with E-state index in [9.17, 15) is 9.59 Å². The molecule has 148 valence electrons. The zero-order valence-corrected chi connectivity index (χ0v) is 16.7. The molecule has 3 rings (SSSR count). The lowest BCUT2D eigenvalue weighted by atomic mass is 10.1. The lowest BCUT2D eigenvalue weighted by Crippen LogP contribution is -2.37. The topological polar surface area (TPSA) is 40.6 Å². The Hall–Kier alpha value is -3.40. The highest BCUT2D eigenvalue weighted by atomic mass is 16.2. The molecule has 0 aliphatic heterocycles. The van der Waals surface area contributed by atoms with E-state index in [1.54, 1.807) is 9.80 Å². The average molecular weight is 386 g/mol. The van der Waals surface area contributed by atoms with Crippen LogP contribution in [0.1, 0.15) is 24.5 Å². The molecule has 0 atom stereocenters. The first kappa shape index (κ1) is 20.3. The molecule has 0 aromatic heterocycles. The summed E-state index contributed by atoms with van der Waals surface area (Å²) in [4.78, 5) is 29.4. The van der Waals surface area contributed by atoms with Crippen LogP contribution in [0.4, 0.5) is 5.69 Å². The van der Waals surface area contributed by atoms with E-state index in [-0.39, 0.29) is 18.2 Å². The molecule has 0 saturated heterocycles. The standard InChI is InChI=1S/C25H26N2O2/c1-2-26(19-21-12-6-3-7-13-21)24(28)18-25(29)27(23-16-10-5-11-17-23)20-22-14-8-4-9-15-22/h3-17H,2,18-20H2,1H3. The van der Waals surface area contributed by atoms with E-state index in [0.29, 0.717) is 19.6 Å². The molecule has 0 fully saturated rings. The van der Waals surface area contributed by atoms with Gasteiger partial charge in [-0.1, -0.05) is 78.9 Å². The molecule has 4 nitrogen and oxygen atoms in total. The summed E-state index contributed by atoms with van der Waals surface area (Å²) in [6.45, 7) is 3.44. The Morgan fingerprint density at radius 2 is 1.14 bits per heavy atom. The van der Waals surface area contributed by atoms with Crippen molar-refractivity contribution in [2.75, 3.05) is 11.4 Å². The number of para-hydroxylation sites is 1. The number of carbonyl (C=O) groups is 2. The highest BCUT2D eigenvalue weighted by Crippen LogP contribution is 2.19. The van der Waals surface area contributed by atoms with Gasteiger partial charge in [-0.2, -0.15) is 0 Å². The van der Waals surface area contributed by atoms with Crippen molar-refractivity contribution < 1.29 is 9.59 Å². The molecule has 0 heterocycles. The van der Waals surface area contributed by atoms with Crippen molar-refractivity contribution in [1.82, 2.24) is 4.90 Å². The third kappa shape index (κ3) is 5.79. The molecule has 0 aliphatic rings. The Morgan fingerprint density at radius 3 is 1.66 bits per heavy atom. The van der Waals surface area contributed by atoms with Gasteiger partial charge in [0, 0.05) is 18.8 Å². The zero-order valence-electron chi connectivity index (χ0n) is 16.7. The normalized spacial score (nSPS) is 10.4. The van der Waals surface area contributed by atoms with Crippen molar-refractivity contribution in [3.8, 4) is 0 Å². The number of nitrogens with zero attached hydrogens (tertiary/aromatic N) is 2. The van der Waals surface area contributed by atoms with E-state index < -0.39 is 0 Å². The molecule has 0 bridgehead atoms. The molecule has 3 aromatic rings. The second kappa shape index (κ2) is 10.2. The van der Waals surface area contributed by atoms with Crippen LogP contribution in [0.25, 0.3) is 0 Å². The van der Waals surface area contributed by atoms with Gasteiger partial charge >= 0.3 is 0 Å². The van der Waals surface area contributed by atoms with Crippen molar-refractivity contribution in [1.29, 1.82) is 0 Å². The van der Waals surface area contributed by atoms with E-state index >= 15 is 0 Å². The summed E-state index contributed by atoms with van der Waals surface area (Å²) in [5.41, 5.74) is 2.87. The Balaban J connectivity index is 1.73. The summed E-state index contributed by atoms with van der Waals surface area (Å²) in [7, 11) is 0. The van der Waals surface area contributed by atoms with Gasteiger partial charge in [-0.05, 0) is 30.2 Å². The molecule has 0 saturated carbocycles. The summed E-state index contributed by atoms with van der Waals surface area (Å²) in [5, 5.41) is 0. The first-order valence-corrected chi connectivity index (χ1v) is 9.88. The molecule has 0 radical (unpaired) electrons. The quantitative estimate of drug-likeness (QED) is 0.528. The second-order valence-electron chi connectivity index (χ2n) is 6.87. The molecule has 2 amide bonds. The first-order valence-electron chi connectivity index (χ1n) is 9.88. The minimum Gasteiger partial charge on any atom is -0.338 e. The summed E-state index contributed by atoms with van der Waals surface area (Å²) in [6, 6.07) is 29.2. The van der Waals surface area contributed by atoms with Crippen molar-refractivity contribution in [2.45, 2.75) is 26.4 Å². The maximum absolute atomic E-state index is 13.1. The molecule has 0 unspecified atom stereocenters. The second-order valence-corrected chi connectivity index (χ2v) is 6.87. The fourth-order valence-electron chi connectivity index (χ4n) is 3.21. The average Bonchev–Trinajstić information content (AvgIpc) is 2.77. The van der Waals surface area contributed by atoms with Crippen molar-refractivity contribution in [3.05, 3.63) is 102 Å². The van der Waals surface area contributed by atoms with Gasteiger partial charge in [0.25, 0.3) is 0 Å². The van der Waals surface area contributed by atoms with E-state index in [4.69, 9.17) is 0 Å². The highest BCUT2D eigenvalue weighted by molar-refractivity contribution is 6.04. The van der Waals surface area contributed by atoms with Crippen LogP contribution < -0.4 is 4.90 Å². The number of hydrogen-bond acceptors (Lipinski definition) is 2. The highest BCUT2D eigenvalue weighted by Gasteiger charge is 2.22. The van der Waals surface area contributed by atoms with Gasteiger partial charge in [-0.3, -0.25) is 9.59 Å². The SMILES string of the molecule is CCN(Cc1ccccc1)C(=O)CC(=O)N(Cc1ccccc1)c1ccccc1. The van der Waals surface area contributed by atoms with Crippen molar-refractivity contribution in [3.63, 3.8) is 0 Å². The third-order valence-electron chi connectivity index (χ3n) is 4.81.